The molecule has 166 valence electrons. The van der Waals surface area contributed by atoms with Crippen molar-refractivity contribution in [1.82, 2.24) is 15.2 Å². The van der Waals surface area contributed by atoms with Crippen LogP contribution in [0.15, 0.2) is 42.6 Å². The Labute approximate surface area is 183 Å². The Morgan fingerprint density at radius 3 is 2.39 bits per heavy atom. The summed E-state index contributed by atoms with van der Waals surface area (Å²) in [4.78, 5) is 32.6. The van der Waals surface area contributed by atoms with Crippen molar-refractivity contribution < 1.29 is 22.8 Å². The largest absolute Gasteiger partial charge is 0.417 e. The molecule has 1 N–H and O–H groups in total. The topological polar surface area (TPSA) is 65.5 Å². The molecule has 2 heterocycles. The van der Waals surface area contributed by atoms with Crippen LogP contribution in [-0.4, -0.2) is 53.9 Å². The Bertz CT molecular complexity index is 920. The first kappa shape index (κ1) is 22.9. The molecule has 0 bridgehead atoms. The summed E-state index contributed by atoms with van der Waals surface area (Å²) in [6.07, 6.45) is -2.98. The molecule has 0 unspecified atom stereocenters. The van der Waals surface area contributed by atoms with Gasteiger partial charge in [0.25, 0.3) is 5.91 Å². The normalized spacial score (nSPS) is 15.9. The molecule has 0 radical (unpaired) electrons. The maximum atomic E-state index is 12.8. The summed E-state index contributed by atoms with van der Waals surface area (Å²) in [5, 5.41) is 3.20. The zero-order valence-corrected chi connectivity index (χ0v) is 17.6. The standard InChI is InChI=1S/C21H22ClF3N4O2/c1-14(27-19(30)15-3-6-17(22)7-4-15)20(31)29-10-2-9-28(11-12-29)18-8-5-16(13-26-18)21(23,24)25/h3-8,13-14H,2,9-12H2,1H3,(H,27,30)/t14-/m0/s1. The van der Waals surface area contributed by atoms with E-state index >= 15 is 0 Å². The van der Waals surface area contributed by atoms with Gasteiger partial charge in [-0.2, -0.15) is 13.2 Å². The Balaban J connectivity index is 1.57. The SMILES string of the molecule is C[C@H](NC(=O)c1ccc(Cl)cc1)C(=O)N1CCCN(c2ccc(C(F)(F)F)cn2)CC1. The number of aromatic nitrogens is 1. The molecule has 1 atom stereocenters. The van der Waals surface area contributed by atoms with E-state index < -0.39 is 17.8 Å². The fourth-order valence-corrected chi connectivity index (χ4v) is 3.45. The predicted molar refractivity (Wildman–Crippen MR) is 111 cm³/mol. The number of nitrogens with zero attached hydrogens (tertiary/aromatic N) is 3. The van der Waals surface area contributed by atoms with Crippen molar-refractivity contribution in [1.29, 1.82) is 0 Å². The van der Waals surface area contributed by atoms with Crippen molar-refractivity contribution in [3.05, 3.63) is 58.7 Å². The molecule has 1 aliphatic heterocycles. The summed E-state index contributed by atoms with van der Waals surface area (Å²) in [5.41, 5.74) is -0.396. The second kappa shape index (κ2) is 9.55. The van der Waals surface area contributed by atoms with Gasteiger partial charge in [0.1, 0.15) is 11.9 Å². The molecule has 6 nitrogen and oxygen atoms in total. The molecule has 3 rings (SSSR count). The number of nitrogens with one attached hydrogen (secondary N) is 1. The van der Waals surface area contributed by atoms with Crippen LogP contribution in [0.5, 0.6) is 0 Å². The second-order valence-electron chi connectivity index (χ2n) is 7.27. The summed E-state index contributed by atoms with van der Waals surface area (Å²) in [7, 11) is 0. The van der Waals surface area contributed by atoms with E-state index in [2.05, 4.69) is 10.3 Å². The zero-order chi connectivity index (χ0) is 22.6. The maximum absolute atomic E-state index is 12.8. The molecule has 2 amide bonds. The third-order valence-corrected chi connectivity index (χ3v) is 5.28. The average molecular weight is 455 g/mol. The lowest BCUT2D eigenvalue weighted by Crippen LogP contribution is -2.48. The van der Waals surface area contributed by atoms with Gasteiger partial charge in [0.2, 0.25) is 5.91 Å². The summed E-state index contributed by atoms with van der Waals surface area (Å²) < 4.78 is 38.2. The van der Waals surface area contributed by atoms with Crippen molar-refractivity contribution in [2.45, 2.75) is 25.6 Å². The lowest BCUT2D eigenvalue weighted by Gasteiger charge is -2.25. The molecule has 31 heavy (non-hydrogen) atoms. The number of hydrogen-bond donors (Lipinski definition) is 1. The van der Waals surface area contributed by atoms with E-state index in [1.54, 1.807) is 36.1 Å². The maximum Gasteiger partial charge on any atom is 0.417 e. The molecular weight excluding hydrogens is 433 g/mol. The average Bonchev–Trinajstić information content (AvgIpc) is 2.99. The van der Waals surface area contributed by atoms with Gasteiger partial charge in [-0.05, 0) is 49.7 Å². The first-order valence-electron chi connectivity index (χ1n) is 9.78. The van der Waals surface area contributed by atoms with E-state index in [-0.39, 0.29) is 11.8 Å². The molecule has 10 heteroatoms. The monoisotopic (exact) mass is 454 g/mol. The molecule has 2 aromatic rings. The van der Waals surface area contributed by atoms with E-state index in [9.17, 15) is 22.8 Å². The number of benzene rings is 1. The molecule has 1 saturated heterocycles. The molecule has 1 aliphatic rings. The molecule has 0 spiro atoms. The van der Waals surface area contributed by atoms with Gasteiger partial charge >= 0.3 is 6.18 Å². The Kier molecular flexibility index (Phi) is 7.04. The van der Waals surface area contributed by atoms with Crippen molar-refractivity contribution in [2.75, 3.05) is 31.1 Å². The van der Waals surface area contributed by atoms with Gasteiger partial charge < -0.3 is 15.1 Å². The van der Waals surface area contributed by atoms with E-state index in [0.717, 1.165) is 12.3 Å². The van der Waals surface area contributed by atoms with E-state index in [1.165, 1.54) is 6.07 Å². The van der Waals surface area contributed by atoms with Gasteiger partial charge in [-0.1, -0.05) is 11.6 Å². The smallest absolute Gasteiger partial charge is 0.355 e. The number of amides is 2. The Hall–Kier alpha value is -2.81. The van der Waals surface area contributed by atoms with Crippen LogP contribution >= 0.6 is 11.6 Å². The van der Waals surface area contributed by atoms with Crippen molar-refractivity contribution in [3.8, 4) is 0 Å². The van der Waals surface area contributed by atoms with Crippen LogP contribution in [0, 0.1) is 0 Å². The van der Waals surface area contributed by atoms with Crippen molar-refractivity contribution in [3.63, 3.8) is 0 Å². The minimum absolute atomic E-state index is 0.218. The highest BCUT2D eigenvalue weighted by molar-refractivity contribution is 6.30. The number of pyridine rings is 1. The van der Waals surface area contributed by atoms with Gasteiger partial charge in [-0.25, -0.2) is 4.98 Å². The fourth-order valence-electron chi connectivity index (χ4n) is 3.32. The van der Waals surface area contributed by atoms with Crippen molar-refractivity contribution in [2.24, 2.45) is 0 Å². The highest BCUT2D eigenvalue weighted by Gasteiger charge is 2.31. The second-order valence-corrected chi connectivity index (χ2v) is 7.71. The van der Waals surface area contributed by atoms with Gasteiger partial charge in [-0.15, -0.1) is 0 Å². The van der Waals surface area contributed by atoms with Gasteiger partial charge in [0.15, 0.2) is 0 Å². The van der Waals surface area contributed by atoms with Crippen LogP contribution in [0.4, 0.5) is 19.0 Å². The lowest BCUT2D eigenvalue weighted by atomic mass is 10.2. The number of carbonyl (C=O) groups is 2. The minimum atomic E-state index is -4.43. The summed E-state index contributed by atoms with van der Waals surface area (Å²) in [5.74, 6) is -0.154. The summed E-state index contributed by atoms with van der Waals surface area (Å²) >= 11 is 5.82. The first-order valence-corrected chi connectivity index (χ1v) is 10.2. The number of hydrogen-bond acceptors (Lipinski definition) is 4. The quantitative estimate of drug-likeness (QED) is 0.766. The highest BCUT2D eigenvalue weighted by atomic mass is 35.5. The minimum Gasteiger partial charge on any atom is -0.355 e. The molecule has 1 fully saturated rings. The van der Waals surface area contributed by atoms with Gasteiger partial charge in [-0.3, -0.25) is 9.59 Å². The van der Waals surface area contributed by atoms with E-state index in [4.69, 9.17) is 11.6 Å². The number of carbonyl (C=O) groups excluding carboxylic acids is 2. The summed E-state index contributed by atoms with van der Waals surface area (Å²) in [6.45, 7) is 3.48. The fraction of sp³-hybridized carbons (Fsp3) is 0.381. The third kappa shape index (κ3) is 5.88. The molecule has 0 saturated carbocycles. The Morgan fingerprint density at radius 2 is 1.77 bits per heavy atom. The van der Waals surface area contributed by atoms with E-state index in [0.29, 0.717) is 49.0 Å². The summed E-state index contributed by atoms with van der Waals surface area (Å²) in [6, 6.07) is 7.98. The third-order valence-electron chi connectivity index (χ3n) is 5.03. The van der Waals surface area contributed by atoms with Gasteiger partial charge in [0, 0.05) is 43.0 Å². The molecule has 1 aromatic heterocycles. The highest BCUT2D eigenvalue weighted by Crippen LogP contribution is 2.29. The van der Waals surface area contributed by atoms with Crippen molar-refractivity contribution >= 4 is 29.2 Å². The molecular formula is C21H22ClF3N4O2. The van der Waals surface area contributed by atoms with E-state index in [1.807, 2.05) is 4.90 Å². The van der Waals surface area contributed by atoms with Crippen LogP contribution < -0.4 is 10.2 Å². The van der Waals surface area contributed by atoms with Crippen LogP contribution in [0.2, 0.25) is 5.02 Å². The lowest BCUT2D eigenvalue weighted by molar-refractivity contribution is -0.137. The van der Waals surface area contributed by atoms with Crippen LogP contribution in [-0.2, 0) is 11.0 Å². The number of halogens is 4. The predicted octanol–water partition coefficient (Wildman–Crippen LogP) is 3.61. The number of rotatable bonds is 4. The van der Waals surface area contributed by atoms with Crippen LogP contribution in [0.3, 0.4) is 0 Å². The first-order chi connectivity index (χ1) is 14.6. The molecule has 1 aromatic carbocycles. The van der Waals surface area contributed by atoms with Crippen LogP contribution in [0.25, 0.3) is 0 Å². The van der Waals surface area contributed by atoms with Crippen LogP contribution in [0.1, 0.15) is 29.3 Å². The molecule has 0 aliphatic carbocycles. The van der Waals surface area contributed by atoms with Gasteiger partial charge in [0.05, 0.1) is 5.56 Å². The number of alkyl halides is 3. The number of anilines is 1. The Morgan fingerprint density at radius 1 is 1.06 bits per heavy atom. The zero-order valence-electron chi connectivity index (χ0n) is 16.8.